The number of aliphatic hydroxyl groups is 1. The first-order chi connectivity index (χ1) is 9.56. The van der Waals surface area contributed by atoms with Gasteiger partial charge in [0.25, 0.3) is 5.91 Å². The lowest BCUT2D eigenvalue weighted by molar-refractivity contribution is 0.0941. The Labute approximate surface area is 120 Å². The van der Waals surface area contributed by atoms with Gasteiger partial charge in [0.2, 0.25) is 0 Å². The lowest BCUT2D eigenvalue weighted by atomic mass is 10.2. The van der Waals surface area contributed by atoms with Gasteiger partial charge in [-0.05, 0) is 37.6 Å². The van der Waals surface area contributed by atoms with E-state index >= 15 is 0 Å². The van der Waals surface area contributed by atoms with Gasteiger partial charge < -0.3 is 10.4 Å². The molecule has 1 unspecified atom stereocenters. The Morgan fingerprint density at radius 3 is 2.80 bits per heavy atom. The number of nitrogens with zero attached hydrogens (tertiary/aromatic N) is 1. The van der Waals surface area contributed by atoms with Gasteiger partial charge in [-0.25, -0.2) is 9.37 Å². The van der Waals surface area contributed by atoms with Crippen molar-refractivity contribution < 1.29 is 14.3 Å². The molecular weight excluding hydrogens is 279 g/mol. The number of thiazole rings is 1. The van der Waals surface area contributed by atoms with Gasteiger partial charge in [-0.2, -0.15) is 0 Å². The first-order valence-electron chi connectivity index (χ1n) is 6.24. The molecule has 6 heteroatoms. The molecule has 20 heavy (non-hydrogen) atoms. The van der Waals surface area contributed by atoms with E-state index in [1.54, 1.807) is 24.4 Å². The van der Waals surface area contributed by atoms with E-state index in [0.717, 1.165) is 5.56 Å². The molecular formula is C14H15FN2O2S. The Kier molecular flexibility index (Phi) is 4.81. The Balaban J connectivity index is 2.01. The fourth-order valence-electron chi connectivity index (χ4n) is 1.59. The average molecular weight is 294 g/mol. The smallest absolute Gasteiger partial charge is 0.270 e. The number of aromatic nitrogens is 1. The quantitative estimate of drug-likeness (QED) is 0.890. The fraction of sp³-hybridized carbons (Fsp3) is 0.286. The highest BCUT2D eigenvalue weighted by molar-refractivity contribution is 7.13. The third-order valence-corrected chi connectivity index (χ3v) is 3.57. The molecule has 1 amide bonds. The summed E-state index contributed by atoms with van der Waals surface area (Å²) >= 11 is 1.33. The minimum absolute atomic E-state index is 0.268. The van der Waals surface area contributed by atoms with Crippen molar-refractivity contribution in [2.24, 2.45) is 0 Å². The second-order valence-corrected chi connectivity index (χ2v) is 5.30. The van der Waals surface area contributed by atoms with Crippen LogP contribution in [0.15, 0.2) is 29.6 Å². The fourth-order valence-corrected chi connectivity index (χ4v) is 2.39. The number of halogens is 1. The van der Waals surface area contributed by atoms with Gasteiger partial charge in [0.1, 0.15) is 16.5 Å². The summed E-state index contributed by atoms with van der Waals surface area (Å²) < 4.78 is 12.8. The van der Waals surface area contributed by atoms with E-state index in [4.69, 9.17) is 5.11 Å². The topological polar surface area (TPSA) is 62.2 Å². The van der Waals surface area contributed by atoms with E-state index in [1.807, 2.05) is 0 Å². The number of carbonyl (C=O) groups excluding carboxylic acids is 1. The summed E-state index contributed by atoms with van der Waals surface area (Å²) in [5.74, 6) is -0.573. The van der Waals surface area contributed by atoms with Gasteiger partial charge in [-0.1, -0.05) is 0 Å². The zero-order valence-electron chi connectivity index (χ0n) is 11.0. The van der Waals surface area contributed by atoms with Crippen LogP contribution in [0.25, 0.3) is 10.6 Å². The highest BCUT2D eigenvalue weighted by atomic mass is 32.1. The van der Waals surface area contributed by atoms with Gasteiger partial charge >= 0.3 is 0 Å². The Morgan fingerprint density at radius 1 is 1.45 bits per heavy atom. The second-order valence-electron chi connectivity index (χ2n) is 4.44. The van der Waals surface area contributed by atoms with Crippen molar-refractivity contribution >= 4 is 17.2 Å². The van der Waals surface area contributed by atoms with Crippen LogP contribution < -0.4 is 5.32 Å². The number of nitrogens with one attached hydrogen (secondary N) is 1. The SMILES string of the molecule is CC(O)CCNC(=O)c1csc(-c2ccc(F)cc2)n1. The zero-order valence-corrected chi connectivity index (χ0v) is 11.8. The maximum atomic E-state index is 12.8. The van der Waals surface area contributed by atoms with Gasteiger partial charge in [0, 0.05) is 17.5 Å². The summed E-state index contributed by atoms with van der Waals surface area (Å²) in [6.07, 6.45) is 0.0567. The molecule has 0 aliphatic carbocycles. The second kappa shape index (κ2) is 6.58. The Bertz CT molecular complexity index is 581. The van der Waals surface area contributed by atoms with Crippen LogP contribution in [-0.4, -0.2) is 28.6 Å². The Hall–Kier alpha value is -1.79. The van der Waals surface area contributed by atoms with E-state index in [1.165, 1.54) is 23.5 Å². The summed E-state index contributed by atoms with van der Waals surface area (Å²) in [6.45, 7) is 2.07. The molecule has 0 fully saturated rings. The summed E-state index contributed by atoms with van der Waals surface area (Å²) in [7, 11) is 0. The number of hydrogen-bond acceptors (Lipinski definition) is 4. The van der Waals surface area contributed by atoms with Crippen molar-refractivity contribution in [3.8, 4) is 10.6 Å². The molecule has 0 aliphatic rings. The molecule has 0 bridgehead atoms. The molecule has 0 aliphatic heterocycles. The summed E-state index contributed by atoms with van der Waals surface area (Å²) in [6, 6.07) is 5.98. The molecule has 0 saturated heterocycles. The third kappa shape index (κ3) is 3.85. The minimum atomic E-state index is -0.444. The highest BCUT2D eigenvalue weighted by Gasteiger charge is 2.11. The van der Waals surface area contributed by atoms with Gasteiger partial charge in [0.05, 0.1) is 6.10 Å². The molecule has 1 atom stereocenters. The van der Waals surface area contributed by atoms with E-state index in [9.17, 15) is 9.18 Å². The maximum Gasteiger partial charge on any atom is 0.270 e. The van der Waals surface area contributed by atoms with Crippen LogP contribution in [0.1, 0.15) is 23.8 Å². The predicted molar refractivity (Wildman–Crippen MR) is 76.1 cm³/mol. The van der Waals surface area contributed by atoms with Crippen molar-refractivity contribution in [3.05, 3.63) is 41.2 Å². The van der Waals surface area contributed by atoms with Crippen molar-refractivity contribution in [1.82, 2.24) is 10.3 Å². The molecule has 1 aromatic carbocycles. The van der Waals surface area contributed by atoms with Crippen LogP contribution in [0.5, 0.6) is 0 Å². The number of amides is 1. The largest absolute Gasteiger partial charge is 0.393 e. The minimum Gasteiger partial charge on any atom is -0.393 e. The standard InChI is InChI=1S/C14H15FN2O2S/c1-9(18)6-7-16-13(19)12-8-20-14(17-12)10-2-4-11(15)5-3-10/h2-5,8-9,18H,6-7H2,1H3,(H,16,19). The van der Waals surface area contributed by atoms with Crippen LogP contribution in [0.2, 0.25) is 0 Å². The summed E-state index contributed by atoms with van der Waals surface area (Å²) in [4.78, 5) is 16.0. The Morgan fingerprint density at radius 2 is 2.15 bits per heavy atom. The monoisotopic (exact) mass is 294 g/mol. The maximum absolute atomic E-state index is 12.8. The predicted octanol–water partition coefficient (Wildman–Crippen LogP) is 2.45. The summed E-state index contributed by atoms with van der Waals surface area (Å²) in [5, 5.41) is 14.1. The average Bonchev–Trinajstić information content (AvgIpc) is 2.88. The molecule has 2 N–H and O–H groups in total. The number of rotatable bonds is 5. The molecule has 0 spiro atoms. The first-order valence-corrected chi connectivity index (χ1v) is 7.12. The van der Waals surface area contributed by atoms with E-state index < -0.39 is 6.10 Å². The number of aliphatic hydroxyl groups excluding tert-OH is 1. The number of carbonyl (C=O) groups is 1. The highest BCUT2D eigenvalue weighted by Crippen LogP contribution is 2.23. The molecule has 1 heterocycles. The van der Waals surface area contributed by atoms with Crippen LogP contribution in [0.3, 0.4) is 0 Å². The number of hydrogen-bond donors (Lipinski definition) is 2. The molecule has 4 nitrogen and oxygen atoms in total. The molecule has 2 rings (SSSR count). The van der Waals surface area contributed by atoms with Crippen molar-refractivity contribution in [2.45, 2.75) is 19.4 Å². The molecule has 2 aromatic rings. The normalized spacial score (nSPS) is 12.2. The van der Waals surface area contributed by atoms with Crippen LogP contribution >= 0.6 is 11.3 Å². The van der Waals surface area contributed by atoms with Crippen LogP contribution in [0.4, 0.5) is 4.39 Å². The lowest BCUT2D eigenvalue weighted by Crippen LogP contribution is -2.26. The lowest BCUT2D eigenvalue weighted by Gasteiger charge is -2.04. The molecule has 1 aromatic heterocycles. The van der Waals surface area contributed by atoms with E-state index in [0.29, 0.717) is 23.7 Å². The van der Waals surface area contributed by atoms with Gasteiger partial charge in [-0.15, -0.1) is 11.3 Å². The number of benzene rings is 1. The van der Waals surface area contributed by atoms with Crippen molar-refractivity contribution in [3.63, 3.8) is 0 Å². The van der Waals surface area contributed by atoms with Crippen molar-refractivity contribution in [1.29, 1.82) is 0 Å². The third-order valence-electron chi connectivity index (χ3n) is 2.68. The van der Waals surface area contributed by atoms with E-state index in [2.05, 4.69) is 10.3 Å². The van der Waals surface area contributed by atoms with Crippen LogP contribution in [0, 0.1) is 5.82 Å². The summed E-state index contributed by atoms with van der Waals surface area (Å²) in [5.41, 5.74) is 1.11. The van der Waals surface area contributed by atoms with E-state index in [-0.39, 0.29) is 11.7 Å². The molecule has 106 valence electrons. The van der Waals surface area contributed by atoms with Crippen LogP contribution in [-0.2, 0) is 0 Å². The zero-order chi connectivity index (χ0) is 14.5. The van der Waals surface area contributed by atoms with Gasteiger partial charge in [-0.3, -0.25) is 4.79 Å². The van der Waals surface area contributed by atoms with Crippen molar-refractivity contribution in [2.75, 3.05) is 6.54 Å². The van der Waals surface area contributed by atoms with Gasteiger partial charge in [0.15, 0.2) is 0 Å². The molecule has 0 saturated carbocycles. The molecule has 0 radical (unpaired) electrons. The first kappa shape index (κ1) is 14.6.